The number of aromatic nitrogens is 2. The number of anilines is 1. The molecular weight excluding hydrogens is 418 g/mol. The van der Waals surface area contributed by atoms with Crippen LogP contribution in [0, 0.1) is 5.92 Å². The van der Waals surface area contributed by atoms with Crippen molar-refractivity contribution >= 4 is 45.9 Å². The number of nitrogens with zero attached hydrogens (tertiary/aromatic N) is 2. The van der Waals surface area contributed by atoms with Crippen LogP contribution in [0.1, 0.15) is 16.9 Å². The quantitative estimate of drug-likeness (QED) is 0.419. The molecule has 158 valence electrons. The molecule has 2 aromatic carbocycles. The number of fused-ring (bicyclic) bond motifs is 1. The molecule has 1 saturated heterocycles. The Bertz CT molecular complexity index is 1220. The molecule has 2 heterocycles. The maximum atomic E-state index is 12.5. The van der Waals surface area contributed by atoms with Crippen molar-refractivity contribution < 1.29 is 14.4 Å². The van der Waals surface area contributed by atoms with Gasteiger partial charge in [-0.15, -0.1) is 11.8 Å². The highest BCUT2D eigenvalue weighted by molar-refractivity contribution is 7.98. The van der Waals surface area contributed by atoms with Gasteiger partial charge in [0.05, 0.1) is 11.3 Å². The number of aromatic amines is 1. The van der Waals surface area contributed by atoms with Crippen LogP contribution < -0.4 is 21.3 Å². The number of hydrogen-bond acceptors (Lipinski definition) is 6. The molecule has 4 rings (SSSR count). The first-order chi connectivity index (χ1) is 15.0. The summed E-state index contributed by atoms with van der Waals surface area (Å²) in [6.07, 6.45) is 2.02. The highest BCUT2D eigenvalue weighted by Crippen LogP contribution is 2.27. The van der Waals surface area contributed by atoms with E-state index in [-0.39, 0.29) is 24.6 Å². The van der Waals surface area contributed by atoms with Gasteiger partial charge in [-0.2, -0.15) is 5.10 Å². The van der Waals surface area contributed by atoms with E-state index in [2.05, 4.69) is 21.0 Å². The van der Waals surface area contributed by atoms with Crippen molar-refractivity contribution in [2.24, 2.45) is 5.92 Å². The topological polar surface area (TPSA) is 124 Å². The average Bonchev–Trinajstić information content (AvgIpc) is 3.19. The van der Waals surface area contributed by atoms with Crippen molar-refractivity contribution in [3.8, 4) is 0 Å². The van der Waals surface area contributed by atoms with E-state index >= 15 is 0 Å². The van der Waals surface area contributed by atoms with Crippen LogP contribution in [0.25, 0.3) is 10.8 Å². The SMILES string of the molecule is CSc1ccc(N2C[C@@H](C(=O)NNC(=O)c3n[nH]c(=O)c4ccccc34)CC2=O)cc1. The van der Waals surface area contributed by atoms with Crippen LogP contribution in [0.4, 0.5) is 5.69 Å². The highest BCUT2D eigenvalue weighted by Gasteiger charge is 2.35. The fourth-order valence-corrected chi connectivity index (χ4v) is 3.87. The van der Waals surface area contributed by atoms with Gasteiger partial charge < -0.3 is 4.90 Å². The van der Waals surface area contributed by atoms with Gasteiger partial charge in [0, 0.05) is 28.9 Å². The number of rotatable bonds is 4. The number of thioether (sulfide) groups is 1. The lowest BCUT2D eigenvalue weighted by molar-refractivity contribution is -0.126. The first-order valence-corrected chi connectivity index (χ1v) is 10.7. The molecule has 3 N–H and O–H groups in total. The van der Waals surface area contributed by atoms with Crippen LogP contribution in [0.5, 0.6) is 0 Å². The van der Waals surface area contributed by atoms with Gasteiger partial charge in [0.2, 0.25) is 11.8 Å². The van der Waals surface area contributed by atoms with Crippen LogP contribution in [0.2, 0.25) is 0 Å². The van der Waals surface area contributed by atoms with Crippen LogP contribution in [-0.4, -0.2) is 40.7 Å². The fourth-order valence-electron chi connectivity index (χ4n) is 3.46. The Kier molecular flexibility index (Phi) is 5.72. The zero-order chi connectivity index (χ0) is 22.0. The summed E-state index contributed by atoms with van der Waals surface area (Å²) in [6.45, 7) is 0.221. The predicted molar refractivity (Wildman–Crippen MR) is 117 cm³/mol. The molecule has 0 spiro atoms. The third kappa shape index (κ3) is 4.15. The van der Waals surface area contributed by atoms with Gasteiger partial charge >= 0.3 is 0 Å². The van der Waals surface area contributed by atoms with Crippen molar-refractivity contribution in [1.82, 2.24) is 21.0 Å². The van der Waals surface area contributed by atoms with Gasteiger partial charge in [-0.25, -0.2) is 5.10 Å². The standard InChI is InChI=1S/C21H19N5O4S/c1-31-14-8-6-13(7-9-14)26-11-12(10-17(26)27)19(28)23-25-21(30)18-15-4-2-3-5-16(15)20(29)24-22-18/h2-9,12H,10-11H2,1H3,(H,23,28)(H,24,29)(H,25,30)/t12-/m0/s1. The van der Waals surface area contributed by atoms with Gasteiger partial charge in [0.25, 0.3) is 11.5 Å². The van der Waals surface area contributed by atoms with Gasteiger partial charge in [-0.05, 0) is 36.6 Å². The van der Waals surface area contributed by atoms with Crippen molar-refractivity contribution in [2.45, 2.75) is 11.3 Å². The molecule has 1 aliphatic rings. The lowest BCUT2D eigenvalue weighted by atomic mass is 10.1. The second-order valence-electron chi connectivity index (χ2n) is 6.99. The van der Waals surface area contributed by atoms with Crippen molar-refractivity contribution in [3.05, 3.63) is 64.6 Å². The average molecular weight is 437 g/mol. The summed E-state index contributed by atoms with van der Waals surface area (Å²) in [5.74, 6) is -1.90. The van der Waals surface area contributed by atoms with Crippen LogP contribution in [0.15, 0.2) is 58.2 Å². The molecule has 31 heavy (non-hydrogen) atoms. The van der Waals surface area contributed by atoms with E-state index in [4.69, 9.17) is 0 Å². The molecule has 0 radical (unpaired) electrons. The second kappa shape index (κ2) is 8.60. The Hall–Kier alpha value is -3.66. The molecule has 0 bridgehead atoms. The Morgan fingerprint density at radius 3 is 2.48 bits per heavy atom. The number of nitrogens with one attached hydrogen (secondary N) is 3. The second-order valence-corrected chi connectivity index (χ2v) is 7.87. The first kappa shape index (κ1) is 20.6. The smallest absolute Gasteiger partial charge is 0.290 e. The molecular formula is C21H19N5O4S. The summed E-state index contributed by atoms with van der Waals surface area (Å²) in [6, 6.07) is 14.1. The number of hydrogen-bond donors (Lipinski definition) is 3. The van der Waals surface area contributed by atoms with Crippen molar-refractivity contribution in [1.29, 1.82) is 0 Å². The monoisotopic (exact) mass is 437 g/mol. The molecule has 0 unspecified atom stereocenters. The van der Waals surface area contributed by atoms with E-state index in [1.54, 1.807) is 40.9 Å². The predicted octanol–water partition coefficient (Wildman–Crippen LogP) is 1.46. The van der Waals surface area contributed by atoms with Crippen molar-refractivity contribution in [2.75, 3.05) is 17.7 Å². The number of benzene rings is 2. The van der Waals surface area contributed by atoms with Crippen molar-refractivity contribution in [3.63, 3.8) is 0 Å². The zero-order valence-corrected chi connectivity index (χ0v) is 17.4. The lowest BCUT2D eigenvalue weighted by Gasteiger charge is -2.17. The number of carbonyl (C=O) groups is 3. The Morgan fingerprint density at radius 1 is 1.06 bits per heavy atom. The molecule has 9 nitrogen and oxygen atoms in total. The summed E-state index contributed by atoms with van der Waals surface area (Å²) in [4.78, 5) is 51.9. The molecule has 1 aromatic heterocycles. The first-order valence-electron chi connectivity index (χ1n) is 9.50. The van der Waals surface area contributed by atoms with E-state index in [0.29, 0.717) is 10.8 Å². The Balaban J connectivity index is 1.41. The van der Waals surface area contributed by atoms with E-state index in [0.717, 1.165) is 10.6 Å². The van der Waals surface area contributed by atoms with Gasteiger partial charge in [0.15, 0.2) is 5.69 Å². The summed E-state index contributed by atoms with van der Waals surface area (Å²) >= 11 is 1.60. The van der Waals surface area contributed by atoms with E-state index < -0.39 is 23.3 Å². The van der Waals surface area contributed by atoms with Gasteiger partial charge in [-0.3, -0.25) is 30.0 Å². The number of H-pyrrole nitrogens is 1. The maximum Gasteiger partial charge on any atom is 0.290 e. The minimum atomic E-state index is -0.672. The van der Waals surface area contributed by atoms with E-state index in [9.17, 15) is 19.2 Å². The molecule has 1 atom stereocenters. The normalized spacial score (nSPS) is 15.8. The Labute approximate surface area is 181 Å². The molecule has 1 aliphatic heterocycles. The molecule has 1 fully saturated rings. The maximum absolute atomic E-state index is 12.5. The minimum absolute atomic E-state index is 0.0199. The molecule has 10 heteroatoms. The number of carbonyl (C=O) groups excluding carboxylic acids is 3. The number of amides is 3. The van der Waals surface area contributed by atoms with E-state index in [1.807, 2.05) is 30.5 Å². The zero-order valence-electron chi connectivity index (χ0n) is 16.5. The van der Waals surface area contributed by atoms with Crippen LogP contribution >= 0.6 is 11.8 Å². The third-order valence-corrected chi connectivity index (χ3v) is 5.83. The largest absolute Gasteiger partial charge is 0.312 e. The van der Waals surface area contributed by atoms with Crippen LogP contribution in [0.3, 0.4) is 0 Å². The van der Waals surface area contributed by atoms with Gasteiger partial charge in [-0.1, -0.05) is 18.2 Å². The minimum Gasteiger partial charge on any atom is -0.312 e. The number of hydrazine groups is 1. The lowest BCUT2D eigenvalue weighted by Crippen LogP contribution is -2.45. The highest BCUT2D eigenvalue weighted by atomic mass is 32.2. The summed E-state index contributed by atoms with van der Waals surface area (Å²) in [5.41, 5.74) is 4.97. The molecule has 0 aliphatic carbocycles. The molecule has 3 amide bonds. The Morgan fingerprint density at radius 2 is 1.77 bits per heavy atom. The molecule has 0 saturated carbocycles. The van der Waals surface area contributed by atoms with Gasteiger partial charge in [0.1, 0.15) is 0 Å². The van der Waals surface area contributed by atoms with Crippen LogP contribution in [-0.2, 0) is 9.59 Å². The fraction of sp³-hybridized carbons (Fsp3) is 0.190. The molecule has 3 aromatic rings. The summed E-state index contributed by atoms with van der Waals surface area (Å²) < 4.78 is 0. The third-order valence-electron chi connectivity index (χ3n) is 5.09. The van der Waals surface area contributed by atoms with E-state index in [1.165, 1.54) is 0 Å². The summed E-state index contributed by atoms with van der Waals surface area (Å²) in [7, 11) is 0. The summed E-state index contributed by atoms with van der Waals surface area (Å²) in [5, 5.41) is 6.75.